The van der Waals surface area contributed by atoms with Crippen LogP contribution in [0, 0.1) is 0 Å². The number of hydrogen-bond donors (Lipinski definition) is 0. The van der Waals surface area contributed by atoms with E-state index in [1.165, 1.54) is 0 Å². The van der Waals surface area contributed by atoms with Gasteiger partial charge in [-0.1, -0.05) is 0 Å². The molecule has 0 fully saturated rings. The van der Waals surface area contributed by atoms with E-state index in [4.69, 9.17) is 12.2 Å². The topological polar surface area (TPSA) is 63.2 Å². The molecule has 36 valence electrons. The molecule has 0 aromatic carbocycles. The average molecular weight is 166 g/mol. The van der Waals surface area contributed by atoms with Gasteiger partial charge in [-0.15, -0.1) is 0 Å². The SMILES string of the molecule is [Cu+2].[O]=[Mn]([O-])[O-]. The summed E-state index contributed by atoms with van der Waals surface area (Å²) in [5.41, 5.74) is 0. The van der Waals surface area contributed by atoms with E-state index >= 15 is 0 Å². The second-order valence-electron chi connectivity index (χ2n) is 0.189. The zero-order chi connectivity index (χ0) is 3.58. The van der Waals surface area contributed by atoms with Crippen molar-refractivity contribution in [1.29, 1.82) is 0 Å². The molecule has 5 heteroatoms. The molecule has 0 saturated heterocycles. The molecule has 0 bridgehead atoms. The molecule has 0 aliphatic rings. The Hall–Kier alpha value is 0.759. The normalized spacial score (nSPS) is 7.00. The van der Waals surface area contributed by atoms with Gasteiger partial charge >= 0.3 is 43.8 Å². The fourth-order valence-electron chi connectivity index (χ4n) is 0. The van der Waals surface area contributed by atoms with Crippen LogP contribution in [-0.2, 0) is 35.4 Å². The first-order chi connectivity index (χ1) is 1.73. The maximum atomic E-state index is 8.52. The van der Waals surface area contributed by atoms with Crippen molar-refractivity contribution >= 4 is 0 Å². The van der Waals surface area contributed by atoms with E-state index in [1.54, 1.807) is 0 Å². The molecule has 0 unspecified atom stereocenters. The third-order valence-electron chi connectivity index (χ3n) is 0. The maximum absolute atomic E-state index is 8.52. The molecular weight excluding hydrogens is 166 g/mol. The van der Waals surface area contributed by atoms with E-state index in [2.05, 4.69) is 0 Å². The van der Waals surface area contributed by atoms with Crippen molar-refractivity contribution in [2.75, 3.05) is 0 Å². The van der Waals surface area contributed by atoms with E-state index in [0.29, 0.717) is 0 Å². The molecule has 0 N–H and O–H groups in total. The first kappa shape index (κ1) is 9.23. The summed E-state index contributed by atoms with van der Waals surface area (Å²) in [4.78, 5) is 0. The molecular formula is CuMnO3. The van der Waals surface area contributed by atoms with E-state index in [-0.39, 0.29) is 17.1 Å². The molecule has 1 radical (unpaired) electrons. The Morgan fingerprint density at radius 3 is 1.40 bits per heavy atom. The van der Waals surface area contributed by atoms with Gasteiger partial charge in [0.1, 0.15) is 0 Å². The van der Waals surface area contributed by atoms with Gasteiger partial charge in [0.05, 0.1) is 0 Å². The van der Waals surface area contributed by atoms with Crippen molar-refractivity contribution in [3.63, 3.8) is 0 Å². The zero-order valence-corrected chi connectivity index (χ0v) is 4.03. The van der Waals surface area contributed by atoms with Crippen molar-refractivity contribution in [3.05, 3.63) is 0 Å². The van der Waals surface area contributed by atoms with Crippen LogP contribution < -0.4 is 8.38 Å². The molecule has 5 heavy (non-hydrogen) atoms. The second-order valence-corrected chi connectivity index (χ2v) is 0.779. The Balaban J connectivity index is 0. The predicted octanol–water partition coefficient (Wildman–Crippen LogP) is -2.50. The van der Waals surface area contributed by atoms with Gasteiger partial charge in [-0.25, -0.2) is 0 Å². The van der Waals surface area contributed by atoms with Gasteiger partial charge in [0, 0.05) is 0 Å². The van der Waals surface area contributed by atoms with Gasteiger partial charge in [0.2, 0.25) is 0 Å². The Labute approximate surface area is 44.2 Å². The summed E-state index contributed by atoms with van der Waals surface area (Å²) < 4.78 is 25.6. The molecule has 0 aromatic heterocycles. The van der Waals surface area contributed by atoms with Gasteiger partial charge < -0.3 is 0 Å². The average Bonchev–Trinajstić information content (AvgIpc) is 0.811. The van der Waals surface area contributed by atoms with Gasteiger partial charge in [-0.3, -0.25) is 0 Å². The Morgan fingerprint density at radius 2 is 1.40 bits per heavy atom. The van der Waals surface area contributed by atoms with Crippen LogP contribution in [0.4, 0.5) is 0 Å². The summed E-state index contributed by atoms with van der Waals surface area (Å²) in [5.74, 6) is 0. The Bertz CT molecular complexity index is 29.9. The molecule has 0 aliphatic heterocycles. The van der Waals surface area contributed by atoms with E-state index in [1.807, 2.05) is 0 Å². The predicted molar refractivity (Wildman–Crippen MR) is 0.686 cm³/mol. The van der Waals surface area contributed by atoms with Gasteiger partial charge in [0.25, 0.3) is 0 Å². The van der Waals surface area contributed by atoms with Crippen molar-refractivity contribution in [2.45, 2.75) is 0 Å². The third kappa shape index (κ3) is 62.9. The first-order valence-electron chi connectivity index (χ1n) is 0.463. The van der Waals surface area contributed by atoms with E-state index in [9.17, 15) is 0 Å². The van der Waals surface area contributed by atoms with Crippen LogP contribution in [0.25, 0.3) is 0 Å². The van der Waals surface area contributed by atoms with Crippen LogP contribution in [0.1, 0.15) is 0 Å². The van der Waals surface area contributed by atoms with E-state index in [0.717, 1.165) is 0 Å². The molecule has 0 aliphatic carbocycles. The quantitative estimate of drug-likeness (QED) is 0.374. The molecule has 0 rings (SSSR count). The van der Waals surface area contributed by atoms with Gasteiger partial charge in [0.15, 0.2) is 0 Å². The monoisotopic (exact) mass is 166 g/mol. The Morgan fingerprint density at radius 1 is 1.40 bits per heavy atom. The van der Waals surface area contributed by atoms with E-state index < -0.39 is 14.5 Å². The summed E-state index contributed by atoms with van der Waals surface area (Å²) >= 11 is -3.65. The summed E-state index contributed by atoms with van der Waals surface area (Å²) in [6.45, 7) is 0. The fourth-order valence-corrected chi connectivity index (χ4v) is 0. The molecule has 0 saturated carbocycles. The van der Waals surface area contributed by atoms with Crippen LogP contribution >= 0.6 is 0 Å². The van der Waals surface area contributed by atoms with Crippen molar-refractivity contribution in [2.24, 2.45) is 0 Å². The van der Waals surface area contributed by atoms with Crippen LogP contribution in [0.5, 0.6) is 0 Å². The Kier molecular flexibility index (Phi) is 8.79. The summed E-state index contributed by atoms with van der Waals surface area (Å²) in [5, 5.41) is 0. The summed E-state index contributed by atoms with van der Waals surface area (Å²) in [7, 11) is 0. The standard InChI is InChI=1S/Cu.Mn.3O/q+2;;;2*-1. The van der Waals surface area contributed by atoms with Crippen LogP contribution in [0.2, 0.25) is 0 Å². The van der Waals surface area contributed by atoms with Gasteiger partial charge in [-0.2, -0.15) is 0 Å². The molecule has 0 aromatic rings. The zero-order valence-electron chi connectivity index (χ0n) is 1.90. The molecule has 0 amide bonds. The van der Waals surface area contributed by atoms with Crippen molar-refractivity contribution in [3.8, 4) is 0 Å². The second kappa shape index (κ2) is 4.76. The summed E-state index contributed by atoms with van der Waals surface area (Å²) in [6, 6.07) is 0. The van der Waals surface area contributed by atoms with Gasteiger partial charge in [-0.05, 0) is 0 Å². The van der Waals surface area contributed by atoms with Crippen molar-refractivity contribution < 1.29 is 43.8 Å². The number of rotatable bonds is 0. The molecule has 0 heterocycles. The number of hydrogen-bond acceptors (Lipinski definition) is 3. The third-order valence-corrected chi connectivity index (χ3v) is 0. The molecule has 0 atom stereocenters. The van der Waals surface area contributed by atoms with Crippen molar-refractivity contribution in [1.82, 2.24) is 0 Å². The first-order valence-corrected chi connectivity index (χ1v) is 1.91. The minimum atomic E-state index is -3.65. The molecule has 3 nitrogen and oxygen atoms in total. The fraction of sp³-hybridized carbons (Fsp3) is 0. The molecule has 0 spiro atoms. The minimum absolute atomic E-state index is 0. The van der Waals surface area contributed by atoms with Crippen LogP contribution in [0.15, 0.2) is 0 Å². The van der Waals surface area contributed by atoms with Crippen LogP contribution in [-0.4, -0.2) is 0 Å². The summed E-state index contributed by atoms with van der Waals surface area (Å²) in [6.07, 6.45) is 0. The van der Waals surface area contributed by atoms with Crippen LogP contribution in [0.3, 0.4) is 0 Å².